The predicted molar refractivity (Wildman–Crippen MR) is 246 cm³/mol. The van der Waals surface area contributed by atoms with Gasteiger partial charge in [-0.25, -0.2) is 4.99 Å². The lowest BCUT2D eigenvalue weighted by Gasteiger charge is -2.29. The third kappa shape index (κ3) is 5.19. The average molecular weight is 743 g/mol. The van der Waals surface area contributed by atoms with Gasteiger partial charge in [0.25, 0.3) is 0 Å². The Labute approximate surface area is 336 Å². The molecule has 0 saturated heterocycles. The van der Waals surface area contributed by atoms with Gasteiger partial charge in [0.1, 0.15) is 0 Å². The summed E-state index contributed by atoms with van der Waals surface area (Å²) in [5.41, 5.74) is 14.2. The van der Waals surface area contributed by atoms with Crippen LogP contribution in [-0.4, -0.2) is 14.8 Å². The van der Waals surface area contributed by atoms with Crippen molar-refractivity contribution >= 4 is 65.8 Å². The van der Waals surface area contributed by atoms with Crippen molar-refractivity contribution in [3.05, 3.63) is 218 Å². The van der Waals surface area contributed by atoms with Gasteiger partial charge < -0.3 is 14.5 Å². The summed E-state index contributed by atoms with van der Waals surface area (Å²) in [7, 11) is 0. The van der Waals surface area contributed by atoms with E-state index < -0.39 is 6.29 Å². The number of fused-ring (bicyclic) bond motifs is 8. The molecule has 0 radical (unpaired) electrons. The average Bonchev–Trinajstić information content (AvgIpc) is 3.81. The largest absolute Gasteiger partial charge is 0.345 e. The van der Waals surface area contributed by atoms with Crippen LogP contribution < -0.4 is 5.32 Å². The second kappa shape index (κ2) is 13.5. The van der Waals surface area contributed by atoms with Gasteiger partial charge in [-0.2, -0.15) is 0 Å². The minimum Gasteiger partial charge on any atom is -0.345 e. The first-order valence-corrected chi connectivity index (χ1v) is 19.7. The van der Waals surface area contributed by atoms with Crippen LogP contribution in [0.3, 0.4) is 0 Å². The number of aliphatic imine (C=N–C) groups is 1. The fourth-order valence-corrected chi connectivity index (χ4v) is 9.12. The second-order valence-corrected chi connectivity index (χ2v) is 14.8. The van der Waals surface area contributed by atoms with Gasteiger partial charge in [0.05, 0.1) is 33.5 Å². The summed E-state index contributed by atoms with van der Waals surface area (Å²) in [4.78, 5) is 5.27. The fourth-order valence-electron chi connectivity index (χ4n) is 9.12. The summed E-state index contributed by atoms with van der Waals surface area (Å²) in [5.74, 6) is 0. The number of para-hydroxylation sites is 3. The van der Waals surface area contributed by atoms with Crippen LogP contribution in [0.4, 0.5) is 0 Å². The lowest BCUT2D eigenvalue weighted by atomic mass is 9.94. The first-order valence-electron chi connectivity index (χ1n) is 19.7. The molecule has 10 aromatic rings. The Bertz CT molecular complexity index is 3320. The van der Waals surface area contributed by atoms with Crippen LogP contribution in [-0.2, 0) is 0 Å². The van der Waals surface area contributed by atoms with Crippen molar-refractivity contribution in [2.75, 3.05) is 0 Å². The van der Waals surface area contributed by atoms with Crippen LogP contribution >= 0.6 is 0 Å². The van der Waals surface area contributed by atoms with E-state index in [0.29, 0.717) is 0 Å². The number of rotatable bonds is 7. The zero-order valence-electron chi connectivity index (χ0n) is 31.8. The van der Waals surface area contributed by atoms with Crippen molar-refractivity contribution in [2.24, 2.45) is 4.99 Å². The monoisotopic (exact) mass is 742 g/mol. The van der Waals surface area contributed by atoms with E-state index in [1.165, 1.54) is 65.6 Å². The van der Waals surface area contributed by atoms with Gasteiger partial charge in [0.2, 0.25) is 6.29 Å². The first kappa shape index (κ1) is 33.6. The van der Waals surface area contributed by atoms with Crippen molar-refractivity contribution in [3.63, 3.8) is 0 Å². The normalized spacial score (nSPS) is 14.3. The number of nitrogens with one attached hydrogen (secondary N) is 1. The van der Waals surface area contributed by atoms with Crippen molar-refractivity contribution in [3.8, 4) is 27.9 Å². The molecule has 274 valence electrons. The Balaban J connectivity index is 1.09. The molecular weight excluding hydrogens is 705 g/mol. The van der Waals surface area contributed by atoms with E-state index in [4.69, 9.17) is 4.99 Å². The minimum atomic E-state index is -0.424. The second-order valence-electron chi connectivity index (χ2n) is 14.8. The molecule has 3 heterocycles. The highest BCUT2D eigenvalue weighted by atomic mass is 15.3. The summed E-state index contributed by atoms with van der Waals surface area (Å²) in [5, 5.41) is 11.2. The van der Waals surface area contributed by atoms with Crippen LogP contribution in [0.2, 0.25) is 0 Å². The quantitative estimate of drug-likeness (QED) is 0.173. The maximum atomic E-state index is 5.27. The van der Waals surface area contributed by atoms with E-state index in [9.17, 15) is 0 Å². The molecular formula is C54H38N4. The maximum Gasteiger partial charge on any atom is 0.201 e. The molecule has 0 bridgehead atoms. The Hall–Kier alpha value is -7.69. The third-order valence-corrected chi connectivity index (χ3v) is 11.7. The van der Waals surface area contributed by atoms with E-state index in [2.05, 4.69) is 204 Å². The number of hydrogen-bond donors (Lipinski definition) is 1. The Kier molecular flexibility index (Phi) is 7.83. The van der Waals surface area contributed by atoms with Crippen molar-refractivity contribution in [1.29, 1.82) is 0 Å². The summed E-state index contributed by atoms with van der Waals surface area (Å²) in [6, 6.07) is 65.4. The topological polar surface area (TPSA) is 34.2 Å². The zero-order valence-corrected chi connectivity index (χ0v) is 31.8. The highest BCUT2D eigenvalue weighted by Crippen LogP contribution is 2.43. The molecule has 4 nitrogen and oxygen atoms in total. The molecule has 8 aromatic carbocycles. The van der Waals surface area contributed by atoms with E-state index in [1.807, 2.05) is 18.2 Å². The molecule has 0 aliphatic carbocycles. The van der Waals surface area contributed by atoms with Gasteiger partial charge in [0, 0.05) is 32.8 Å². The number of nitrogens with zero attached hydrogens (tertiary/aromatic N) is 3. The summed E-state index contributed by atoms with van der Waals surface area (Å²) < 4.78 is 4.73. The van der Waals surface area contributed by atoms with E-state index >= 15 is 0 Å². The Morgan fingerprint density at radius 3 is 1.79 bits per heavy atom. The van der Waals surface area contributed by atoms with E-state index in [-0.39, 0.29) is 0 Å². The molecule has 1 unspecified atom stereocenters. The zero-order chi connectivity index (χ0) is 38.7. The first-order chi connectivity index (χ1) is 28.7. The van der Waals surface area contributed by atoms with Gasteiger partial charge in [-0.15, -0.1) is 0 Å². The molecule has 2 aromatic heterocycles. The molecule has 0 amide bonds. The molecule has 1 atom stereocenters. The van der Waals surface area contributed by atoms with E-state index in [1.54, 1.807) is 0 Å². The van der Waals surface area contributed by atoms with Crippen LogP contribution in [0.25, 0.3) is 88.0 Å². The van der Waals surface area contributed by atoms with Crippen molar-refractivity contribution in [1.82, 2.24) is 14.5 Å². The van der Waals surface area contributed by atoms with Crippen LogP contribution in [0.1, 0.15) is 11.9 Å². The SMILES string of the molecule is C=CC1=NC(n2c3ccccc3c3cc(-c4cc5c(c6ccccc46)c4ccccc4n5-c4ccccc4)ccc32)NC(c2ccc(-c3ccccc3)cc2)=C1C=C. The molecule has 1 aliphatic heterocycles. The van der Waals surface area contributed by atoms with E-state index in [0.717, 1.165) is 39.3 Å². The fraction of sp³-hybridized carbons (Fsp3) is 0.0185. The van der Waals surface area contributed by atoms with Crippen molar-refractivity contribution in [2.45, 2.75) is 6.29 Å². The summed E-state index contributed by atoms with van der Waals surface area (Å²) in [6.07, 6.45) is 3.29. The van der Waals surface area contributed by atoms with Crippen LogP contribution in [0.15, 0.2) is 218 Å². The number of hydrogen-bond acceptors (Lipinski definition) is 2. The molecule has 4 heteroatoms. The number of aromatic nitrogens is 2. The van der Waals surface area contributed by atoms with Gasteiger partial charge >= 0.3 is 0 Å². The van der Waals surface area contributed by atoms with Gasteiger partial charge in [-0.05, 0) is 87.1 Å². The smallest absolute Gasteiger partial charge is 0.201 e. The molecule has 1 N–H and O–H groups in total. The van der Waals surface area contributed by atoms with Gasteiger partial charge in [-0.1, -0.05) is 159 Å². The summed E-state index contributed by atoms with van der Waals surface area (Å²) in [6.45, 7) is 8.37. The van der Waals surface area contributed by atoms with Crippen LogP contribution in [0, 0.1) is 0 Å². The minimum absolute atomic E-state index is 0.424. The van der Waals surface area contributed by atoms with Crippen LogP contribution in [0.5, 0.6) is 0 Å². The lowest BCUT2D eigenvalue weighted by Crippen LogP contribution is -2.30. The predicted octanol–water partition coefficient (Wildman–Crippen LogP) is 13.7. The summed E-state index contributed by atoms with van der Waals surface area (Å²) >= 11 is 0. The van der Waals surface area contributed by atoms with Gasteiger partial charge in [-0.3, -0.25) is 0 Å². The molecule has 58 heavy (non-hydrogen) atoms. The number of benzene rings is 8. The Morgan fingerprint density at radius 1 is 0.466 bits per heavy atom. The third-order valence-electron chi connectivity index (χ3n) is 11.7. The highest BCUT2D eigenvalue weighted by Gasteiger charge is 2.26. The van der Waals surface area contributed by atoms with Gasteiger partial charge in [0.15, 0.2) is 0 Å². The molecule has 0 spiro atoms. The molecule has 0 saturated carbocycles. The standard InChI is InChI=1S/C54H38N4/c1-3-40-47(4-2)55-54(56-53(40)37-29-27-36(28-30-37)35-17-7-5-8-18-35)58-48-25-15-13-22-42(48)46-33-38(31-32-50(46)58)45-34-51-52(43-23-12-11-21-41(43)45)44-24-14-16-26-49(44)57(51)39-19-9-6-10-20-39/h3-34,54,56H,1-2H2. The number of allylic oxidation sites excluding steroid dienone is 3. The van der Waals surface area contributed by atoms with Crippen molar-refractivity contribution < 1.29 is 0 Å². The molecule has 0 fully saturated rings. The lowest BCUT2D eigenvalue weighted by molar-refractivity contribution is 0.507. The highest BCUT2D eigenvalue weighted by molar-refractivity contribution is 6.24. The molecule has 1 aliphatic rings. The maximum absolute atomic E-state index is 5.27. The Morgan fingerprint density at radius 2 is 1.05 bits per heavy atom. The molecule has 11 rings (SSSR count).